The average molecular weight is 309 g/mol. The van der Waals surface area contributed by atoms with Gasteiger partial charge in [-0.05, 0) is 32.4 Å². The number of rotatable bonds is 4. The lowest BCUT2D eigenvalue weighted by Crippen LogP contribution is -2.04. The maximum Gasteiger partial charge on any atom is 0.354 e. The van der Waals surface area contributed by atoms with E-state index in [-0.39, 0.29) is 6.04 Å². The first-order valence-corrected chi connectivity index (χ1v) is 7.73. The number of allylic oxidation sites excluding steroid dienone is 1. The Kier molecular flexibility index (Phi) is 12.8. The average Bonchev–Trinajstić information content (AvgIpc) is 2.91. The number of ether oxygens (including phenoxy) is 1. The maximum absolute atomic E-state index is 11.4. The molecule has 0 saturated carbocycles. The van der Waals surface area contributed by atoms with Crippen LogP contribution in [0.25, 0.3) is 5.70 Å². The normalized spacial score (nSPS) is 10.7. The van der Waals surface area contributed by atoms with Gasteiger partial charge in [0, 0.05) is 29.7 Å². The first kappa shape index (κ1) is 22.2. The third kappa shape index (κ3) is 7.11. The van der Waals surface area contributed by atoms with Gasteiger partial charge >= 0.3 is 5.97 Å². The molecule has 5 nitrogen and oxygen atoms in total. The molecule has 0 aliphatic rings. The van der Waals surface area contributed by atoms with Crippen LogP contribution in [-0.2, 0) is 4.74 Å². The Labute approximate surface area is 134 Å². The zero-order valence-electron chi connectivity index (χ0n) is 15.2. The lowest BCUT2D eigenvalue weighted by Gasteiger charge is -2.01. The molecular formula is C17H31N3O2. The van der Waals surface area contributed by atoms with Crippen LogP contribution in [0.3, 0.4) is 0 Å². The molecule has 0 atom stereocenters. The summed E-state index contributed by atoms with van der Waals surface area (Å²) in [6.45, 7) is 13.8. The van der Waals surface area contributed by atoms with E-state index in [1.54, 1.807) is 18.5 Å². The van der Waals surface area contributed by atoms with Crippen molar-refractivity contribution in [2.75, 3.05) is 7.11 Å². The van der Waals surface area contributed by atoms with Gasteiger partial charge in [-0.3, -0.25) is 4.99 Å². The molecule has 5 heteroatoms. The molecule has 0 aliphatic carbocycles. The largest absolute Gasteiger partial charge is 0.464 e. The zero-order valence-corrected chi connectivity index (χ0v) is 15.2. The highest BCUT2D eigenvalue weighted by atomic mass is 16.5. The van der Waals surface area contributed by atoms with Crippen molar-refractivity contribution in [2.24, 2.45) is 10.7 Å². The molecule has 1 heterocycles. The highest BCUT2D eigenvalue weighted by Gasteiger charge is 2.15. The Bertz CT molecular complexity index is 486. The summed E-state index contributed by atoms with van der Waals surface area (Å²) in [7, 11) is 1.34. The Morgan fingerprint density at radius 1 is 1.32 bits per heavy atom. The lowest BCUT2D eigenvalue weighted by molar-refractivity contribution is 0.0594. The molecule has 0 radical (unpaired) electrons. The molecule has 1 aromatic rings. The Hall–Kier alpha value is -2.04. The third-order valence-corrected chi connectivity index (χ3v) is 2.48. The second-order valence-electron chi connectivity index (χ2n) is 4.21. The van der Waals surface area contributed by atoms with Crippen LogP contribution in [0.1, 0.15) is 63.2 Å². The SMILES string of the molecule is CC.CC.COC(=O)c1[nH]cc(/C(N)=C/C=NC(C)C)c1C. The number of esters is 1. The van der Waals surface area contributed by atoms with Crippen LogP contribution in [0.5, 0.6) is 0 Å². The molecular weight excluding hydrogens is 278 g/mol. The van der Waals surface area contributed by atoms with Crippen molar-refractivity contribution in [3.05, 3.63) is 29.1 Å². The molecule has 0 unspecified atom stereocenters. The summed E-state index contributed by atoms with van der Waals surface area (Å²) in [4.78, 5) is 18.5. The van der Waals surface area contributed by atoms with Gasteiger partial charge in [0.05, 0.1) is 7.11 Å². The molecule has 3 N–H and O–H groups in total. The van der Waals surface area contributed by atoms with E-state index in [9.17, 15) is 4.79 Å². The number of nitrogens with one attached hydrogen (secondary N) is 1. The number of aliphatic imine (C=N–C) groups is 1. The van der Waals surface area contributed by atoms with Gasteiger partial charge in [0.15, 0.2) is 0 Å². The number of H-pyrrole nitrogens is 1. The van der Waals surface area contributed by atoms with Crippen molar-refractivity contribution in [3.63, 3.8) is 0 Å². The fourth-order valence-electron chi connectivity index (χ4n) is 1.49. The van der Waals surface area contributed by atoms with Gasteiger partial charge in [0.2, 0.25) is 0 Å². The fraction of sp³-hybridized carbons (Fsp3) is 0.529. The molecule has 22 heavy (non-hydrogen) atoms. The van der Waals surface area contributed by atoms with Gasteiger partial charge in [-0.25, -0.2) is 4.79 Å². The van der Waals surface area contributed by atoms with Crippen molar-refractivity contribution >= 4 is 17.9 Å². The van der Waals surface area contributed by atoms with Gasteiger partial charge in [-0.1, -0.05) is 27.7 Å². The number of hydrogen-bond acceptors (Lipinski definition) is 4. The van der Waals surface area contributed by atoms with Crippen molar-refractivity contribution in [2.45, 2.75) is 54.5 Å². The predicted molar refractivity (Wildman–Crippen MR) is 95.4 cm³/mol. The molecule has 0 amide bonds. The summed E-state index contributed by atoms with van der Waals surface area (Å²) < 4.78 is 4.67. The number of aromatic amines is 1. The maximum atomic E-state index is 11.4. The number of carbonyl (C=O) groups excluding carboxylic acids is 1. The van der Waals surface area contributed by atoms with Gasteiger partial charge in [0.25, 0.3) is 0 Å². The summed E-state index contributed by atoms with van der Waals surface area (Å²) in [5, 5.41) is 0. The zero-order chi connectivity index (χ0) is 17.7. The fourth-order valence-corrected chi connectivity index (χ4v) is 1.49. The number of carbonyl (C=O) groups is 1. The summed E-state index contributed by atoms with van der Waals surface area (Å²) >= 11 is 0. The second kappa shape index (κ2) is 12.7. The molecule has 1 aromatic heterocycles. The molecule has 0 spiro atoms. The number of aromatic nitrogens is 1. The van der Waals surface area contributed by atoms with Crippen molar-refractivity contribution in [1.29, 1.82) is 0 Å². The summed E-state index contributed by atoms with van der Waals surface area (Å²) in [5.74, 6) is -0.401. The van der Waals surface area contributed by atoms with Crippen LogP contribution in [0, 0.1) is 6.92 Å². The lowest BCUT2D eigenvalue weighted by atomic mass is 10.1. The topological polar surface area (TPSA) is 80.5 Å². The molecule has 0 saturated heterocycles. The highest BCUT2D eigenvalue weighted by Crippen LogP contribution is 2.18. The monoisotopic (exact) mass is 309 g/mol. The minimum atomic E-state index is -0.401. The van der Waals surface area contributed by atoms with E-state index in [2.05, 4.69) is 14.7 Å². The van der Waals surface area contributed by atoms with Crippen LogP contribution in [0.2, 0.25) is 0 Å². The van der Waals surface area contributed by atoms with E-state index in [0.717, 1.165) is 11.1 Å². The van der Waals surface area contributed by atoms with E-state index >= 15 is 0 Å². The van der Waals surface area contributed by atoms with Gasteiger partial charge in [0.1, 0.15) is 5.69 Å². The van der Waals surface area contributed by atoms with E-state index in [0.29, 0.717) is 11.4 Å². The number of nitrogens with zero attached hydrogens (tertiary/aromatic N) is 1. The summed E-state index contributed by atoms with van der Waals surface area (Å²) in [6.07, 6.45) is 5.08. The standard InChI is InChI=1S/C13H19N3O2.2C2H6/c1-8(2)15-6-5-11(14)10-7-16-12(9(10)3)13(17)18-4;2*1-2/h5-8,16H,14H2,1-4H3;2*1-2H3/b11-5-,15-6?;;. The Balaban J connectivity index is 0. The van der Waals surface area contributed by atoms with Crippen LogP contribution >= 0.6 is 0 Å². The first-order chi connectivity index (χ1) is 10.5. The second-order valence-corrected chi connectivity index (χ2v) is 4.21. The molecule has 1 rings (SSSR count). The Morgan fingerprint density at radius 3 is 2.32 bits per heavy atom. The summed E-state index contributed by atoms with van der Waals surface area (Å²) in [5.41, 5.74) is 8.47. The molecule has 126 valence electrons. The van der Waals surface area contributed by atoms with E-state index in [4.69, 9.17) is 5.73 Å². The molecule has 0 aromatic carbocycles. The first-order valence-electron chi connectivity index (χ1n) is 7.73. The predicted octanol–water partition coefficient (Wildman–Crippen LogP) is 3.94. The van der Waals surface area contributed by atoms with Crippen molar-refractivity contribution in [1.82, 2.24) is 4.98 Å². The minimum absolute atomic E-state index is 0.229. The van der Waals surface area contributed by atoms with E-state index in [1.165, 1.54) is 7.11 Å². The number of hydrogen-bond donors (Lipinski definition) is 2. The third-order valence-electron chi connectivity index (χ3n) is 2.48. The van der Waals surface area contributed by atoms with E-state index < -0.39 is 5.97 Å². The number of methoxy groups -OCH3 is 1. The van der Waals surface area contributed by atoms with Crippen molar-refractivity contribution < 1.29 is 9.53 Å². The minimum Gasteiger partial charge on any atom is -0.464 e. The van der Waals surface area contributed by atoms with Crippen LogP contribution < -0.4 is 5.73 Å². The van der Waals surface area contributed by atoms with Gasteiger partial charge in [-0.2, -0.15) is 0 Å². The quantitative estimate of drug-likeness (QED) is 0.653. The highest BCUT2D eigenvalue weighted by molar-refractivity contribution is 5.92. The molecule has 0 fully saturated rings. The van der Waals surface area contributed by atoms with E-state index in [1.807, 2.05) is 48.5 Å². The van der Waals surface area contributed by atoms with Crippen LogP contribution in [0.4, 0.5) is 0 Å². The molecule has 0 aliphatic heterocycles. The van der Waals surface area contributed by atoms with Crippen LogP contribution in [-0.4, -0.2) is 30.3 Å². The molecule has 0 bridgehead atoms. The number of nitrogens with two attached hydrogens (primary N) is 1. The van der Waals surface area contributed by atoms with Gasteiger partial charge in [-0.15, -0.1) is 0 Å². The van der Waals surface area contributed by atoms with Crippen LogP contribution in [0.15, 0.2) is 17.3 Å². The Morgan fingerprint density at radius 2 is 1.86 bits per heavy atom. The summed E-state index contributed by atoms with van der Waals surface area (Å²) in [6, 6.07) is 0.229. The van der Waals surface area contributed by atoms with Crippen molar-refractivity contribution in [3.8, 4) is 0 Å². The smallest absolute Gasteiger partial charge is 0.354 e. The van der Waals surface area contributed by atoms with Gasteiger partial charge < -0.3 is 15.5 Å².